The smallest absolute Gasteiger partial charge is 0.293 e. The van der Waals surface area contributed by atoms with Gasteiger partial charge in [-0.2, -0.15) is 4.89 Å². The van der Waals surface area contributed by atoms with Gasteiger partial charge in [-0.15, -0.1) is 0 Å². The molecule has 0 fully saturated rings. The molecule has 1 aromatic carbocycles. The molecule has 3 heteroatoms. The van der Waals surface area contributed by atoms with Crippen molar-refractivity contribution >= 4 is 5.97 Å². The minimum absolute atomic E-state index is 0.459. The van der Waals surface area contributed by atoms with Crippen molar-refractivity contribution in [3.63, 3.8) is 0 Å². The van der Waals surface area contributed by atoms with Gasteiger partial charge in [0.25, 0.3) is 0 Å². The summed E-state index contributed by atoms with van der Waals surface area (Å²) in [5.74, 6) is -0.459. The van der Waals surface area contributed by atoms with Crippen molar-refractivity contribution < 1.29 is 14.6 Å². The van der Waals surface area contributed by atoms with Gasteiger partial charge in [0.2, 0.25) is 0 Å². The minimum Gasteiger partial charge on any atom is -0.293 e. The van der Waals surface area contributed by atoms with Crippen molar-refractivity contribution in [2.24, 2.45) is 0 Å². The van der Waals surface area contributed by atoms with Gasteiger partial charge >= 0.3 is 5.97 Å². The van der Waals surface area contributed by atoms with Gasteiger partial charge in [-0.1, -0.05) is 25.5 Å². The van der Waals surface area contributed by atoms with Crippen LogP contribution in [0.4, 0.5) is 0 Å². The monoisotopic (exact) mass is 208 g/mol. The molecule has 0 aliphatic rings. The van der Waals surface area contributed by atoms with Crippen LogP contribution in [-0.4, -0.2) is 13.1 Å². The third kappa shape index (κ3) is 3.72. The Kier molecular flexibility index (Phi) is 4.84. The van der Waals surface area contributed by atoms with E-state index in [2.05, 4.69) is 16.7 Å². The van der Waals surface area contributed by atoms with Crippen LogP contribution in [0.25, 0.3) is 0 Å². The normalized spacial score (nSPS) is 10.0. The molecule has 1 aromatic rings. The van der Waals surface area contributed by atoms with Crippen LogP contribution in [0.5, 0.6) is 0 Å². The van der Waals surface area contributed by atoms with E-state index in [-0.39, 0.29) is 0 Å². The SMILES string of the molecule is CCCCc1ccc(C(=O)OOC)cc1. The summed E-state index contributed by atoms with van der Waals surface area (Å²) in [7, 11) is 1.31. The quantitative estimate of drug-likeness (QED) is 0.551. The van der Waals surface area contributed by atoms with Gasteiger partial charge in [-0.25, -0.2) is 4.79 Å². The molecule has 0 spiro atoms. The molecule has 0 saturated carbocycles. The molecule has 0 N–H and O–H groups in total. The zero-order valence-electron chi connectivity index (χ0n) is 9.16. The molecule has 3 nitrogen and oxygen atoms in total. The van der Waals surface area contributed by atoms with E-state index in [9.17, 15) is 4.79 Å². The number of hydrogen-bond donors (Lipinski definition) is 0. The van der Waals surface area contributed by atoms with E-state index in [1.165, 1.54) is 25.5 Å². The van der Waals surface area contributed by atoms with Crippen molar-refractivity contribution in [3.05, 3.63) is 35.4 Å². The fourth-order valence-electron chi connectivity index (χ4n) is 1.31. The average Bonchev–Trinajstić information content (AvgIpc) is 2.27. The predicted octanol–water partition coefficient (Wildman–Crippen LogP) is 2.75. The van der Waals surface area contributed by atoms with Crippen molar-refractivity contribution in [1.82, 2.24) is 0 Å². The molecule has 1 rings (SSSR count). The van der Waals surface area contributed by atoms with Gasteiger partial charge in [-0.05, 0) is 30.5 Å². The summed E-state index contributed by atoms with van der Waals surface area (Å²) in [6.07, 6.45) is 3.39. The standard InChI is InChI=1S/C12H16O3/c1-3-4-5-10-6-8-11(9-7-10)12(13)15-14-2/h6-9H,3-5H2,1-2H3. The number of benzene rings is 1. The molecule has 82 valence electrons. The van der Waals surface area contributed by atoms with E-state index in [0.717, 1.165) is 6.42 Å². The van der Waals surface area contributed by atoms with Gasteiger partial charge in [-0.3, -0.25) is 4.89 Å². The van der Waals surface area contributed by atoms with Crippen LogP contribution in [0, 0.1) is 0 Å². The number of carbonyl (C=O) groups is 1. The molecule has 0 atom stereocenters. The summed E-state index contributed by atoms with van der Waals surface area (Å²) >= 11 is 0. The van der Waals surface area contributed by atoms with E-state index >= 15 is 0 Å². The Morgan fingerprint density at radius 1 is 1.27 bits per heavy atom. The van der Waals surface area contributed by atoms with Crippen molar-refractivity contribution in [2.45, 2.75) is 26.2 Å². The molecule has 0 heterocycles. The first kappa shape index (κ1) is 11.7. The third-order valence-corrected chi connectivity index (χ3v) is 2.17. The van der Waals surface area contributed by atoms with Crippen molar-refractivity contribution in [1.29, 1.82) is 0 Å². The highest BCUT2D eigenvalue weighted by atomic mass is 17.2. The largest absolute Gasteiger partial charge is 0.373 e. The van der Waals surface area contributed by atoms with Gasteiger partial charge in [0, 0.05) is 0 Å². The third-order valence-electron chi connectivity index (χ3n) is 2.17. The summed E-state index contributed by atoms with van der Waals surface area (Å²) < 4.78 is 0. The van der Waals surface area contributed by atoms with E-state index in [0.29, 0.717) is 5.56 Å². The number of unbranched alkanes of at least 4 members (excludes halogenated alkanes) is 1. The molecule has 0 aliphatic heterocycles. The fraction of sp³-hybridized carbons (Fsp3) is 0.417. The molecule has 0 saturated heterocycles. The van der Waals surface area contributed by atoms with E-state index < -0.39 is 5.97 Å². The second-order valence-electron chi connectivity index (χ2n) is 3.34. The van der Waals surface area contributed by atoms with Crippen LogP contribution in [0.3, 0.4) is 0 Å². The molecular weight excluding hydrogens is 192 g/mol. The summed E-state index contributed by atoms with van der Waals surface area (Å²) in [4.78, 5) is 19.9. The van der Waals surface area contributed by atoms with Crippen molar-refractivity contribution in [2.75, 3.05) is 7.11 Å². The average molecular weight is 208 g/mol. The summed E-state index contributed by atoms with van der Waals surface area (Å²) in [5.41, 5.74) is 1.75. The lowest BCUT2D eigenvalue weighted by Crippen LogP contribution is -2.03. The first-order chi connectivity index (χ1) is 7.27. The molecular formula is C12H16O3. The van der Waals surface area contributed by atoms with Gasteiger partial charge in [0.05, 0.1) is 12.7 Å². The highest BCUT2D eigenvalue weighted by Crippen LogP contribution is 2.08. The fourth-order valence-corrected chi connectivity index (χ4v) is 1.31. The lowest BCUT2D eigenvalue weighted by molar-refractivity contribution is -0.216. The lowest BCUT2D eigenvalue weighted by Gasteiger charge is -2.02. The first-order valence-corrected chi connectivity index (χ1v) is 5.12. The Balaban J connectivity index is 2.59. The second-order valence-corrected chi connectivity index (χ2v) is 3.34. The van der Waals surface area contributed by atoms with Crippen LogP contribution in [0.2, 0.25) is 0 Å². The molecule has 0 aromatic heterocycles. The molecule has 0 unspecified atom stereocenters. The molecule has 0 amide bonds. The Hall–Kier alpha value is -1.35. The Labute approximate surface area is 89.9 Å². The summed E-state index contributed by atoms with van der Waals surface area (Å²) in [5, 5.41) is 0. The maximum absolute atomic E-state index is 11.2. The predicted molar refractivity (Wildman–Crippen MR) is 57.5 cm³/mol. The van der Waals surface area contributed by atoms with E-state index in [4.69, 9.17) is 0 Å². The zero-order chi connectivity index (χ0) is 11.1. The molecule has 0 radical (unpaired) electrons. The number of hydrogen-bond acceptors (Lipinski definition) is 3. The van der Waals surface area contributed by atoms with Crippen LogP contribution in [0.1, 0.15) is 35.7 Å². The number of rotatable bonds is 5. The summed E-state index contributed by atoms with van der Waals surface area (Å²) in [6.45, 7) is 2.16. The maximum atomic E-state index is 11.2. The molecule has 0 aliphatic carbocycles. The first-order valence-electron chi connectivity index (χ1n) is 5.12. The number of carbonyl (C=O) groups excluding carboxylic acids is 1. The topological polar surface area (TPSA) is 35.5 Å². The Morgan fingerprint density at radius 3 is 2.47 bits per heavy atom. The zero-order valence-corrected chi connectivity index (χ0v) is 9.16. The maximum Gasteiger partial charge on any atom is 0.373 e. The van der Waals surface area contributed by atoms with Crippen molar-refractivity contribution in [3.8, 4) is 0 Å². The molecule has 15 heavy (non-hydrogen) atoms. The highest BCUT2D eigenvalue weighted by molar-refractivity contribution is 5.88. The second kappa shape index (κ2) is 6.19. The Bertz CT molecular complexity index is 303. The highest BCUT2D eigenvalue weighted by Gasteiger charge is 2.06. The Morgan fingerprint density at radius 2 is 1.93 bits per heavy atom. The van der Waals surface area contributed by atoms with Gasteiger partial charge in [0.1, 0.15) is 0 Å². The minimum atomic E-state index is -0.459. The van der Waals surface area contributed by atoms with Crippen LogP contribution < -0.4 is 0 Å². The van der Waals surface area contributed by atoms with Crippen LogP contribution in [-0.2, 0) is 16.2 Å². The van der Waals surface area contributed by atoms with Crippen LogP contribution in [0.15, 0.2) is 24.3 Å². The van der Waals surface area contributed by atoms with E-state index in [1.807, 2.05) is 12.1 Å². The molecule has 0 bridgehead atoms. The summed E-state index contributed by atoms with van der Waals surface area (Å²) in [6, 6.07) is 7.41. The number of aryl methyl sites for hydroxylation is 1. The van der Waals surface area contributed by atoms with Gasteiger partial charge in [0.15, 0.2) is 0 Å². The van der Waals surface area contributed by atoms with Gasteiger partial charge < -0.3 is 0 Å². The van der Waals surface area contributed by atoms with E-state index in [1.54, 1.807) is 12.1 Å². The lowest BCUT2D eigenvalue weighted by atomic mass is 10.1. The van der Waals surface area contributed by atoms with Crippen LogP contribution >= 0.6 is 0 Å².